The number of nitrogens with one attached hydrogen (secondary N) is 1. The Labute approximate surface area is 114 Å². The lowest BCUT2D eigenvalue weighted by atomic mass is 10.0. The molecule has 1 aliphatic heterocycles. The van der Waals surface area contributed by atoms with Crippen LogP contribution in [0.3, 0.4) is 0 Å². The molecule has 0 unspecified atom stereocenters. The quantitative estimate of drug-likeness (QED) is 0.876. The highest BCUT2D eigenvalue weighted by Gasteiger charge is 2.22. The average molecular weight is 262 g/mol. The maximum absolute atomic E-state index is 12.4. The minimum absolute atomic E-state index is 0.0676. The molecule has 1 amide bonds. The fraction of sp³-hybridized carbons (Fsp3) is 0.533. The summed E-state index contributed by atoms with van der Waals surface area (Å²) in [7, 11) is 0. The largest absolute Gasteiger partial charge is 0.393 e. The predicted molar refractivity (Wildman–Crippen MR) is 76.5 cm³/mol. The summed E-state index contributed by atoms with van der Waals surface area (Å²) in [6, 6.07) is 5.77. The average Bonchev–Trinajstić information content (AvgIpc) is 2.41. The number of nitrogens with zero attached hydrogens (tertiary/aromatic N) is 1. The van der Waals surface area contributed by atoms with Gasteiger partial charge in [0.05, 0.1) is 6.10 Å². The van der Waals surface area contributed by atoms with E-state index in [1.807, 2.05) is 30.0 Å². The zero-order chi connectivity index (χ0) is 13.8. The topological polar surface area (TPSA) is 52.6 Å². The summed E-state index contributed by atoms with van der Waals surface area (Å²) in [5, 5.41) is 12.7. The zero-order valence-electron chi connectivity index (χ0n) is 11.6. The molecule has 1 heterocycles. The zero-order valence-corrected chi connectivity index (χ0v) is 11.6. The molecule has 19 heavy (non-hydrogen) atoms. The van der Waals surface area contributed by atoms with Crippen LogP contribution in [-0.4, -0.2) is 41.7 Å². The number of carbonyl (C=O) groups is 1. The molecule has 2 N–H and O–H groups in total. The monoisotopic (exact) mass is 262 g/mol. The number of anilines is 1. The van der Waals surface area contributed by atoms with Crippen LogP contribution in [0.1, 0.15) is 35.7 Å². The lowest BCUT2D eigenvalue weighted by Gasteiger charge is -2.29. The number of carbonyl (C=O) groups excluding carboxylic acids is 1. The van der Waals surface area contributed by atoms with E-state index < -0.39 is 0 Å². The summed E-state index contributed by atoms with van der Waals surface area (Å²) in [6.07, 6.45) is 1.11. The summed E-state index contributed by atoms with van der Waals surface area (Å²) in [6.45, 7) is 6.23. The van der Waals surface area contributed by atoms with Gasteiger partial charge in [0.1, 0.15) is 0 Å². The van der Waals surface area contributed by atoms with Gasteiger partial charge >= 0.3 is 0 Å². The maximum Gasteiger partial charge on any atom is 0.253 e. The van der Waals surface area contributed by atoms with Crippen molar-refractivity contribution in [3.8, 4) is 0 Å². The molecule has 1 saturated heterocycles. The Kier molecular flexibility index (Phi) is 4.43. The van der Waals surface area contributed by atoms with Gasteiger partial charge < -0.3 is 15.3 Å². The smallest absolute Gasteiger partial charge is 0.253 e. The third-order valence-corrected chi connectivity index (χ3v) is 3.59. The molecule has 0 aliphatic carbocycles. The predicted octanol–water partition coefficient (Wildman–Crippen LogP) is 2.02. The number of aliphatic hydroxyl groups is 1. The van der Waals surface area contributed by atoms with E-state index in [0.717, 1.165) is 23.4 Å². The molecule has 1 fully saturated rings. The first-order valence-electron chi connectivity index (χ1n) is 6.93. The lowest BCUT2D eigenvalue weighted by molar-refractivity contribution is 0.0546. The van der Waals surface area contributed by atoms with Gasteiger partial charge in [-0.05, 0) is 50.5 Å². The molecular weight excluding hydrogens is 240 g/mol. The third-order valence-electron chi connectivity index (χ3n) is 3.59. The van der Waals surface area contributed by atoms with E-state index >= 15 is 0 Å². The molecule has 1 aliphatic rings. The van der Waals surface area contributed by atoms with Crippen LogP contribution in [-0.2, 0) is 0 Å². The number of hydrogen-bond acceptors (Lipinski definition) is 3. The molecular formula is C15H22N2O2. The highest BCUT2D eigenvalue weighted by molar-refractivity contribution is 5.95. The van der Waals surface area contributed by atoms with E-state index in [2.05, 4.69) is 12.2 Å². The van der Waals surface area contributed by atoms with Crippen molar-refractivity contribution < 1.29 is 9.90 Å². The second-order valence-electron chi connectivity index (χ2n) is 5.08. The fourth-order valence-electron chi connectivity index (χ4n) is 2.44. The highest BCUT2D eigenvalue weighted by atomic mass is 16.3. The van der Waals surface area contributed by atoms with Crippen molar-refractivity contribution in [3.05, 3.63) is 29.3 Å². The van der Waals surface area contributed by atoms with E-state index in [0.29, 0.717) is 25.9 Å². The molecule has 104 valence electrons. The molecule has 0 bridgehead atoms. The van der Waals surface area contributed by atoms with Gasteiger partial charge in [0.15, 0.2) is 0 Å². The number of likely N-dealkylation sites (tertiary alicyclic amines) is 1. The van der Waals surface area contributed by atoms with Crippen LogP contribution in [0.2, 0.25) is 0 Å². The summed E-state index contributed by atoms with van der Waals surface area (Å²) >= 11 is 0. The van der Waals surface area contributed by atoms with Gasteiger partial charge in [0.2, 0.25) is 0 Å². The number of hydrogen-bond donors (Lipinski definition) is 2. The fourth-order valence-corrected chi connectivity index (χ4v) is 2.44. The second-order valence-corrected chi connectivity index (χ2v) is 5.08. The number of amides is 1. The second kappa shape index (κ2) is 6.06. The number of rotatable bonds is 3. The Bertz CT molecular complexity index is 451. The minimum atomic E-state index is -0.248. The summed E-state index contributed by atoms with van der Waals surface area (Å²) in [5.74, 6) is 0.0676. The van der Waals surface area contributed by atoms with E-state index in [1.165, 1.54) is 0 Å². The number of benzene rings is 1. The van der Waals surface area contributed by atoms with Gasteiger partial charge in [-0.2, -0.15) is 0 Å². The van der Waals surface area contributed by atoms with Crippen molar-refractivity contribution in [1.82, 2.24) is 4.90 Å². The van der Waals surface area contributed by atoms with Crippen molar-refractivity contribution in [2.45, 2.75) is 32.8 Å². The van der Waals surface area contributed by atoms with Gasteiger partial charge in [-0.1, -0.05) is 0 Å². The van der Waals surface area contributed by atoms with Crippen LogP contribution in [0.15, 0.2) is 18.2 Å². The van der Waals surface area contributed by atoms with Gasteiger partial charge in [-0.3, -0.25) is 4.79 Å². The molecule has 0 atom stereocenters. The first kappa shape index (κ1) is 13.9. The minimum Gasteiger partial charge on any atom is -0.393 e. The maximum atomic E-state index is 12.4. The van der Waals surface area contributed by atoms with Crippen LogP contribution < -0.4 is 5.32 Å². The number of piperidine rings is 1. The molecule has 0 spiro atoms. The molecule has 0 radical (unpaired) electrons. The van der Waals surface area contributed by atoms with Crippen molar-refractivity contribution >= 4 is 11.6 Å². The number of aliphatic hydroxyl groups excluding tert-OH is 1. The Morgan fingerprint density at radius 2 is 2.11 bits per heavy atom. The van der Waals surface area contributed by atoms with Crippen molar-refractivity contribution in [2.24, 2.45) is 0 Å². The SMILES string of the molecule is CCNc1ccc(C(=O)N2CCC(O)CC2)cc1C. The molecule has 4 nitrogen and oxygen atoms in total. The lowest BCUT2D eigenvalue weighted by Crippen LogP contribution is -2.40. The van der Waals surface area contributed by atoms with E-state index in [4.69, 9.17) is 0 Å². The Morgan fingerprint density at radius 3 is 2.68 bits per heavy atom. The van der Waals surface area contributed by atoms with Crippen LogP contribution >= 0.6 is 0 Å². The highest BCUT2D eigenvalue weighted by Crippen LogP contribution is 2.19. The molecule has 1 aromatic carbocycles. The Hall–Kier alpha value is -1.55. The van der Waals surface area contributed by atoms with Gasteiger partial charge in [-0.15, -0.1) is 0 Å². The standard InChI is InChI=1S/C15H22N2O2/c1-3-16-14-5-4-12(10-11(14)2)15(19)17-8-6-13(18)7-9-17/h4-5,10,13,16,18H,3,6-9H2,1-2H3. The molecule has 0 aromatic heterocycles. The first-order chi connectivity index (χ1) is 9.11. The van der Waals surface area contributed by atoms with Crippen LogP contribution in [0.25, 0.3) is 0 Å². The van der Waals surface area contributed by atoms with E-state index in [1.54, 1.807) is 0 Å². The van der Waals surface area contributed by atoms with Gasteiger partial charge in [0.25, 0.3) is 5.91 Å². The molecule has 0 saturated carbocycles. The summed E-state index contributed by atoms with van der Waals surface area (Å²) in [5.41, 5.74) is 2.90. The van der Waals surface area contributed by atoms with Gasteiger partial charge in [0, 0.05) is 30.9 Å². The van der Waals surface area contributed by atoms with E-state index in [-0.39, 0.29) is 12.0 Å². The van der Waals surface area contributed by atoms with Crippen molar-refractivity contribution in [1.29, 1.82) is 0 Å². The third kappa shape index (κ3) is 3.26. The molecule has 1 aromatic rings. The first-order valence-corrected chi connectivity index (χ1v) is 6.93. The Balaban J connectivity index is 2.09. The van der Waals surface area contributed by atoms with Gasteiger partial charge in [-0.25, -0.2) is 0 Å². The normalized spacial score (nSPS) is 16.5. The van der Waals surface area contributed by atoms with Crippen molar-refractivity contribution in [3.63, 3.8) is 0 Å². The molecule has 4 heteroatoms. The van der Waals surface area contributed by atoms with Crippen molar-refractivity contribution in [2.75, 3.05) is 25.0 Å². The number of aryl methyl sites for hydroxylation is 1. The van der Waals surface area contributed by atoms with Crippen LogP contribution in [0.4, 0.5) is 5.69 Å². The van der Waals surface area contributed by atoms with Crippen LogP contribution in [0, 0.1) is 6.92 Å². The summed E-state index contributed by atoms with van der Waals surface area (Å²) < 4.78 is 0. The summed E-state index contributed by atoms with van der Waals surface area (Å²) in [4.78, 5) is 14.2. The van der Waals surface area contributed by atoms with Crippen LogP contribution in [0.5, 0.6) is 0 Å². The van der Waals surface area contributed by atoms with E-state index in [9.17, 15) is 9.90 Å². The molecule has 2 rings (SSSR count). The Morgan fingerprint density at radius 1 is 1.42 bits per heavy atom.